The molecule has 1 N–H and O–H groups in total. The molecule has 0 saturated carbocycles. The lowest BCUT2D eigenvalue weighted by atomic mass is 9.88. The van der Waals surface area contributed by atoms with Gasteiger partial charge in [-0.1, -0.05) is 26.8 Å². The predicted octanol–water partition coefficient (Wildman–Crippen LogP) is 3.96. The summed E-state index contributed by atoms with van der Waals surface area (Å²) in [6, 6.07) is 9.42. The number of halogens is 1. The van der Waals surface area contributed by atoms with E-state index in [0.717, 1.165) is 0 Å². The maximum atomic E-state index is 13.1. The lowest BCUT2D eigenvalue weighted by molar-refractivity contribution is 0.0909. The average Bonchev–Trinajstić information content (AvgIpc) is 2.52. The number of ether oxygens (including phenoxy) is 1. The second-order valence-electron chi connectivity index (χ2n) is 6.85. The minimum atomic E-state index is -0.347. The van der Waals surface area contributed by atoms with Gasteiger partial charge in [-0.25, -0.2) is 4.39 Å². The molecule has 24 heavy (non-hydrogen) atoms. The highest BCUT2D eigenvalue weighted by molar-refractivity contribution is 5.94. The fourth-order valence-corrected chi connectivity index (χ4v) is 1.85. The zero-order valence-corrected chi connectivity index (χ0v) is 14.5. The van der Waals surface area contributed by atoms with Crippen LogP contribution in [0.1, 0.15) is 43.7 Å². The van der Waals surface area contributed by atoms with E-state index in [0.29, 0.717) is 17.0 Å². The molecule has 1 atom stereocenters. The fourth-order valence-electron chi connectivity index (χ4n) is 1.85. The number of benzene rings is 1. The fraction of sp³-hybridized carbons (Fsp3) is 0.368. The molecular weight excluding hydrogens is 307 g/mol. The van der Waals surface area contributed by atoms with E-state index in [1.165, 1.54) is 18.3 Å². The van der Waals surface area contributed by atoms with Crippen molar-refractivity contribution in [2.24, 2.45) is 5.41 Å². The van der Waals surface area contributed by atoms with Gasteiger partial charge in [0, 0.05) is 18.3 Å². The third-order valence-corrected chi connectivity index (χ3v) is 3.92. The average molecular weight is 330 g/mol. The van der Waals surface area contributed by atoms with Crippen molar-refractivity contribution in [3.63, 3.8) is 0 Å². The Kier molecular flexibility index (Phi) is 5.54. The molecular formula is C19H23FN2O2. The summed E-state index contributed by atoms with van der Waals surface area (Å²) in [5.74, 6) is -0.0550. The molecule has 5 heteroatoms. The van der Waals surface area contributed by atoms with Crippen LogP contribution in [0.25, 0.3) is 0 Å². The zero-order chi connectivity index (χ0) is 17.7. The Labute approximate surface area is 142 Å². The molecule has 0 bridgehead atoms. The Hall–Kier alpha value is -2.43. The van der Waals surface area contributed by atoms with Gasteiger partial charge in [0.15, 0.2) is 0 Å². The molecule has 1 unspecified atom stereocenters. The van der Waals surface area contributed by atoms with E-state index < -0.39 is 0 Å². The van der Waals surface area contributed by atoms with Gasteiger partial charge in [0.05, 0.1) is 11.3 Å². The highest BCUT2D eigenvalue weighted by atomic mass is 19.1. The molecule has 128 valence electrons. The van der Waals surface area contributed by atoms with Gasteiger partial charge in [-0.15, -0.1) is 0 Å². The number of aromatic nitrogens is 1. The van der Waals surface area contributed by atoms with Gasteiger partial charge in [-0.2, -0.15) is 0 Å². The normalized spacial score (nSPS) is 12.5. The molecule has 0 fully saturated rings. The topological polar surface area (TPSA) is 51.2 Å². The van der Waals surface area contributed by atoms with Crippen LogP contribution in [0.3, 0.4) is 0 Å². The number of hydrogen-bond donors (Lipinski definition) is 1. The van der Waals surface area contributed by atoms with Crippen LogP contribution in [-0.2, 0) is 6.61 Å². The van der Waals surface area contributed by atoms with Crippen molar-refractivity contribution in [1.82, 2.24) is 10.3 Å². The second kappa shape index (κ2) is 7.43. The number of rotatable bonds is 5. The van der Waals surface area contributed by atoms with E-state index in [-0.39, 0.29) is 29.8 Å². The van der Waals surface area contributed by atoms with Crippen molar-refractivity contribution in [2.75, 3.05) is 0 Å². The molecule has 2 rings (SSSR count). The first kappa shape index (κ1) is 17.9. The van der Waals surface area contributed by atoms with Crippen molar-refractivity contribution < 1.29 is 13.9 Å². The van der Waals surface area contributed by atoms with Gasteiger partial charge in [0.25, 0.3) is 5.91 Å². The third kappa shape index (κ3) is 5.05. The van der Waals surface area contributed by atoms with Crippen LogP contribution in [0, 0.1) is 11.2 Å². The lowest BCUT2D eigenvalue weighted by Crippen LogP contribution is -2.41. The van der Waals surface area contributed by atoms with E-state index >= 15 is 0 Å². The largest absolute Gasteiger partial charge is 0.487 e. The van der Waals surface area contributed by atoms with E-state index in [1.807, 2.05) is 6.92 Å². The van der Waals surface area contributed by atoms with E-state index in [1.54, 1.807) is 24.3 Å². The number of pyridine rings is 1. The maximum absolute atomic E-state index is 13.1. The van der Waals surface area contributed by atoms with Gasteiger partial charge in [-0.05, 0) is 36.6 Å². The van der Waals surface area contributed by atoms with Gasteiger partial charge in [0.1, 0.15) is 18.2 Å². The standard InChI is InChI=1S/C19H23FN2O2/c1-13(19(2,3)4)22-18(23)14-8-9-16(21-11-14)12-24-17-7-5-6-15(20)10-17/h5-11,13H,12H2,1-4H3,(H,22,23). The number of carbonyl (C=O) groups is 1. The first-order valence-electron chi connectivity index (χ1n) is 7.90. The second-order valence-corrected chi connectivity index (χ2v) is 6.85. The van der Waals surface area contributed by atoms with Crippen LogP contribution in [0.15, 0.2) is 42.6 Å². The summed E-state index contributed by atoms with van der Waals surface area (Å²) >= 11 is 0. The van der Waals surface area contributed by atoms with Crippen LogP contribution >= 0.6 is 0 Å². The molecule has 0 radical (unpaired) electrons. The highest BCUT2D eigenvalue weighted by Crippen LogP contribution is 2.19. The monoisotopic (exact) mass is 330 g/mol. The molecule has 2 aromatic rings. The Morgan fingerprint density at radius 3 is 2.62 bits per heavy atom. The van der Waals surface area contributed by atoms with Crippen molar-refractivity contribution in [3.8, 4) is 5.75 Å². The van der Waals surface area contributed by atoms with Crippen LogP contribution in [0.2, 0.25) is 0 Å². The number of amides is 1. The van der Waals surface area contributed by atoms with Crippen molar-refractivity contribution in [1.29, 1.82) is 0 Å². The molecule has 1 heterocycles. The molecule has 1 aromatic carbocycles. The number of hydrogen-bond acceptors (Lipinski definition) is 3. The van der Waals surface area contributed by atoms with Crippen molar-refractivity contribution >= 4 is 5.91 Å². The first-order chi connectivity index (χ1) is 11.3. The molecule has 1 amide bonds. The number of nitrogens with one attached hydrogen (secondary N) is 1. The molecule has 0 aliphatic heterocycles. The SMILES string of the molecule is CC(NC(=O)c1ccc(COc2cccc(F)c2)nc1)C(C)(C)C. The third-order valence-electron chi connectivity index (χ3n) is 3.92. The Balaban J connectivity index is 1.94. The van der Waals surface area contributed by atoms with E-state index in [2.05, 4.69) is 31.1 Å². The van der Waals surface area contributed by atoms with Crippen molar-refractivity contribution in [3.05, 3.63) is 59.7 Å². The van der Waals surface area contributed by atoms with Crippen LogP contribution in [0.5, 0.6) is 5.75 Å². The zero-order valence-electron chi connectivity index (χ0n) is 14.5. The maximum Gasteiger partial charge on any atom is 0.253 e. The Morgan fingerprint density at radius 1 is 1.29 bits per heavy atom. The number of nitrogens with zero attached hydrogens (tertiary/aromatic N) is 1. The van der Waals surface area contributed by atoms with E-state index in [9.17, 15) is 9.18 Å². The minimum Gasteiger partial charge on any atom is -0.487 e. The lowest BCUT2D eigenvalue weighted by Gasteiger charge is -2.28. The Bertz CT molecular complexity index is 693. The van der Waals surface area contributed by atoms with Gasteiger partial charge < -0.3 is 10.1 Å². The number of carbonyl (C=O) groups excluding carboxylic acids is 1. The Morgan fingerprint density at radius 2 is 2.04 bits per heavy atom. The summed E-state index contributed by atoms with van der Waals surface area (Å²) in [5.41, 5.74) is 1.15. The predicted molar refractivity (Wildman–Crippen MR) is 91.4 cm³/mol. The molecule has 4 nitrogen and oxygen atoms in total. The van der Waals surface area contributed by atoms with Crippen LogP contribution in [-0.4, -0.2) is 16.9 Å². The summed E-state index contributed by atoms with van der Waals surface area (Å²) < 4.78 is 18.6. The van der Waals surface area contributed by atoms with Gasteiger partial charge in [-0.3, -0.25) is 9.78 Å². The van der Waals surface area contributed by atoms with Gasteiger partial charge >= 0.3 is 0 Å². The summed E-state index contributed by atoms with van der Waals surface area (Å²) in [7, 11) is 0. The van der Waals surface area contributed by atoms with Crippen molar-refractivity contribution in [2.45, 2.75) is 40.3 Å². The molecule has 0 aliphatic rings. The van der Waals surface area contributed by atoms with E-state index in [4.69, 9.17) is 4.74 Å². The molecule has 0 aliphatic carbocycles. The molecule has 0 saturated heterocycles. The summed E-state index contributed by atoms with van der Waals surface area (Å²) in [5, 5.41) is 2.97. The van der Waals surface area contributed by atoms with Crippen LogP contribution in [0.4, 0.5) is 4.39 Å². The summed E-state index contributed by atoms with van der Waals surface area (Å²) in [4.78, 5) is 16.4. The molecule has 1 aromatic heterocycles. The first-order valence-corrected chi connectivity index (χ1v) is 7.90. The quantitative estimate of drug-likeness (QED) is 0.902. The van der Waals surface area contributed by atoms with Crippen LogP contribution < -0.4 is 10.1 Å². The van der Waals surface area contributed by atoms with Gasteiger partial charge in [0.2, 0.25) is 0 Å². The smallest absolute Gasteiger partial charge is 0.253 e. The summed E-state index contributed by atoms with van der Waals surface area (Å²) in [6.45, 7) is 8.41. The molecule has 0 spiro atoms. The minimum absolute atomic E-state index is 0.0121. The highest BCUT2D eigenvalue weighted by Gasteiger charge is 2.22. The summed E-state index contributed by atoms with van der Waals surface area (Å²) in [6.07, 6.45) is 1.52.